The van der Waals surface area contributed by atoms with Crippen molar-refractivity contribution in [3.8, 4) is 16.9 Å². The molecular formula is C59H63ClF21N5O5. The molecule has 508 valence electrons. The van der Waals surface area contributed by atoms with Crippen LogP contribution in [0.25, 0.3) is 16.9 Å². The number of benzene rings is 4. The van der Waals surface area contributed by atoms with Crippen molar-refractivity contribution in [2.75, 3.05) is 42.4 Å². The fourth-order valence-electron chi connectivity index (χ4n) is 9.04. The van der Waals surface area contributed by atoms with E-state index in [0.717, 1.165) is 53.5 Å². The molecule has 5 aromatic rings. The Morgan fingerprint density at radius 2 is 0.923 bits per heavy atom. The summed E-state index contributed by atoms with van der Waals surface area (Å²) < 4.78 is 286. The lowest BCUT2D eigenvalue weighted by molar-refractivity contribution is -0.349. The number of alkyl halides is 21. The molecule has 10 nitrogen and oxygen atoms in total. The summed E-state index contributed by atoms with van der Waals surface area (Å²) in [4.78, 5) is 39.2. The average molecular weight is 1360 g/mol. The molecule has 1 aliphatic rings. The molecule has 0 atom stereocenters. The number of hydrogen-bond donors (Lipinski definition) is 1. The van der Waals surface area contributed by atoms with Gasteiger partial charge in [-0.2, -0.15) is 84.1 Å². The van der Waals surface area contributed by atoms with Gasteiger partial charge in [0.25, 0.3) is 5.91 Å². The number of carbonyl (C=O) groups is 3. The van der Waals surface area contributed by atoms with Crippen molar-refractivity contribution >= 4 is 29.1 Å². The molecule has 4 aromatic carbocycles. The molecule has 1 aromatic heterocycles. The third kappa shape index (κ3) is 17.8. The summed E-state index contributed by atoms with van der Waals surface area (Å²) in [6, 6.07) is 8.94. The maximum Gasteiger partial charge on any atom is 0.435 e. The number of carbonyl (C=O) groups excluding carboxylic acids is 3. The summed E-state index contributed by atoms with van der Waals surface area (Å²) in [5.41, 5.74) is -20.9. The molecular weight excluding hydrogens is 1290 g/mol. The number of allylic oxidation sites excluding steroid dienone is 1. The lowest BCUT2D eigenvalue weighted by Gasteiger charge is -2.31. The van der Waals surface area contributed by atoms with Crippen molar-refractivity contribution in [1.82, 2.24) is 24.9 Å². The van der Waals surface area contributed by atoms with E-state index in [9.17, 15) is 107 Å². The third-order valence-electron chi connectivity index (χ3n) is 13.3. The Hall–Kier alpha value is -6.86. The van der Waals surface area contributed by atoms with Crippen molar-refractivity contribution < 1.29 is 116 Å². The highest BCUT2D eigenvalue weighted by Gasteiger charge is 2.75. The van der Waals surface area contributed by atoms with Gasteiger partial charge in [0.1, 0.15) is 0 Å². The summed E-state index contributed by atoms with van der Waals surface area (Å²) in [6.45, 7) is 8.29. The van der Waals surface area contributed by atoms with E-state index in [0.29, 0.717) is 42.1 Å². The number of aryl methyl sites for hydroxylation is 6. The van der Waals surface area contributed by atoms with Gasteiger partial charge in [-0.25, -0.2) is 17.9 Å². The second-order valence-corrected chi connectivity index (χ2v) is 21.3. The third-order valence-corrected chi connectivity index (χ3v) is 13.6. The average Bonchev–Trinajstić information content (AvgIpc) is 1.03. The van der Waals surface area contributed by atoms with Gasteiger partial charge in [0, 0.05) is 86.2 Å². The summed E-state index contributed by atoms with van der Waals surface area (Å²) in [7, 11) is 10.2. The van der Waals surface area contributed by atoms with Gasteiger partial charge >= 0.3 is 54.1 Å². The first-order valence-corrected chi connectivity index (χ1v) is 26.2. The molecule has 0 aliphatic heterocycles. The zero-order valence-corrected chi connectivity index (χ0v) is 50.5. The summed E-state index contributed by atoms with van der Waals surface area (Å²) >= 11 is 6.16. The number of rotatable bonds is 14. The number of nitrogens with one attached hydrogen (secondary N) is 1. The van der Waals surface area contributed by atoms with E-state index in [1.54, 1.807) is 34.4 Å². The molecule has 0 spiro atoms. The maximum absolute atomic E-state index is 14.6. The van der Waals surface area contributed by atoms with Crippen LogP contribution in [0.1, 0.15) is 108 Å². The van der Waals surface area contributed by atoms with Gasteiger partial charge < -0.3 is 19.7 Å². The molecule has 0 radical (unpaired) electrons. The number of methoxy groups -OCH3 is 2. The minimum atomic E-state index is -6.20. The Morgan fingerprint density at radius 1 is 0.571 bits per heavy atom. The molecule has 91 heavy (non-hydrogen) atoms. The monoisotopic (exact) mass is 1360 g/mol. The van der Waals surface area contributed by atoms with Crippen LogP contribution in [0.4, 0.5) is 92.2 Å². The van der Waals surface area contributed by atoms with Crippen LogP contribution in [0.15, 0.2) is 79.1 Å². The highest BCUT2D eigenvalue weighted by Crippen LogP contribution is 2.56. The van der Waals surface area contributed by atoms with Gasteiger partial charge in [-0.15, -0.1) is 0 Å². The number of ketones is 2. The van der Waals surface area contributed by atoms with E-state index in [-0.39, 0.29) is 92.1 Å². The molecule has 32 heteroatoms. The van der Waals surface area contributed by atoms with Crippen LogP contribution in [-0.4, -0.2) is 129 Å². The molecule has 1 fully saturated rings. The van der Waals surface area contributed by atoms with Gasteiger partial charge in [-0.05, 0) is 133 Å². The zero-order chi connectivity index (χ0) is 69.8. The number of aromatic nitrogens is 2. The van der Waals surface area contributed by atoms with E-state index >= 15 is 0 Å². The molecule has 0 unspecified atom stereocenters. The quantitative estimate of drug-likeness (QED) is 0.0507. The van der Waals surface area contributed by atoms with Crippen LogP contribution < -0.4 is 5.32 Å². The van der Waals surface area contributed by atoms with Crippen molar-refractivity contribution in [2.24, 2.45) is 0 Å². The molecule has 1 aliphatic carbocycles. The van der Waals surface area contributed by atoms with Crippen molar-refractivity contribution in [3.63, 3.8) is 0 Å². The highest BCUT2D eigenvalue weighted by atomic mass is 35.5. The van der Waals surface area contributed by atoms with E-state index in [4.69, 9.17) is 21.1 Å². The van der Waals surface area contributed by atoms with Gasteiger partial charge in [0.2, 0.25) is 6.41 Å². The zero-order valence-electron chi connectivity index (χ0n) is 49.7. The first kappa shape index (κ1) is 80.2. The number of Topliss-reactive ketones (excluding diaryl/α,β-unsaturated/α-hetero) is 1. The van der Waals surface area contributed by atoms with Crippen LogP contribution in [0, 0.1) is 41.5 Å². The van der Waals surface area contributed by atoms with E-state index in [2.05, 4.69) is 10.4 Å². The lowest BCUT2D eigenvalue weighted by Crippen LogP contribution is -2.50. The Bertz CT molecular complexity index is 3280. The number of amides is 1. The van der Waals surface area contributed by atoms with E-state index < -0.39 is 82.3 Å². The fourth-order valence-corrected chi connectivity index (χ4v) is 9.24. The van der Waals surface area contributed by atoms with Crippen LogP contribution in [0.5, 0.6) is 0 Å². The Kier molecular flexibility index (Phi) is 25.9. The van der Waals surface area contributed by atoms with Crippen molar-refractivity contribution in [2.45, 2.75) is 135 Å². The lowest BCUT2D eigenvalue weighted by atomic mass is 9.88. The van der Waals surface area contributed by atoms with Crippen molar-refractivity contribution in [1.29, 1.82) is 0 Å². The van der Waals surface area contributed by atoms with Crippen LogP contribution >= 0.6 is 11.6 Å². The molecule has 0 bridgehead atoms. The Labute approximate surface area is 514 Å². The minimum Gasteiger partial charge on any atom is -0.383 e. The topological polar surface area (TPSA) is 106 Å². The van der Waals surface area contributed by atoms with E-state index in [1.165, 1.54) is 54.0 Å². The number of hydrogen-bond acceptors (Lipinski definition) is 8. The predicted molar refractivity (Wildman–Crippen MR) is 296 cm³/mol. The van der Waals surface area contributed by atoms with Gasteiger partial charge in [0.15, 0.2) is 11.6 Å². The molecule has 1 saturated carbocycles. The standard InChI is InChI=1S/C24H19ClF7N3O.C16H16F7NO.C13H11F7O.C5H13NO2.CH4/c1-12-9-14(22(26,23(27,28)29)24(30,31)32)10-13(2)20(12)19-7-8-35(34-19)16-5-6-18(25)17(11-16)21(36)33-15-3-4-15;1-9-7-11(14(17,15(18,19)20)16(21,22)23)8-10(2)13(9)12(25)5-6-24(3)4;1-6-4-9(5-7(2)10(6)8(3)21)11(14,12(15,16)17)13(18,19)20;1-6(2)5(7-3)8-4;/h5-11,15H,3-4H2,1-2H3,(H,33,36);5-8H,1-4H3;4-5H,1-3H3;5H,1-4H3;1H4. The number of nitrogens with zero attached hydrogens (tertiary/aromatic N) is 4. The normalized spacial score (nSPS) is 13.6. The SMILES string of the molecule is C.CC(=O)c1c(C)cc(C(F)(C(F)(F)F)C(F)(F)F)cc1C.COC(OC)N(C)C.Cc1cc(C(F)(C(F)(F)F)C(F)(F)F)cc(C)c1-c1ccn(-c2ccc(Cl)c(C(=O)NC3CC3)c2)n1.Cc1cc(C(F)(C(F)(F)F)C(F)(F)F)cc(C)c1C(=O)C=CN(C)C. The molecule has 6 rings (SSSR count). The number of ether oxygens (including phenoxy) is 2. The van der Waals surface area contributed by atoms with Crippen LogP contribution in [0.3, 0.4) is 0 Å². The van der Waals surface area contributed by atoms with E-state index in [1.807, 2.05) is 19.0 Å². The van der Waals surface area contributed by atoms with Crippen molar-refractivity contribution in [3.05, 3.63) is 151 Å². The predicted octanol–water partition coefficient (Wildman–Crippen LogP) is 17.4. The largest absolute Gasteiger partial charge is 0.435 e. The molecule has 1 N–H and O–H groups in total. The van der Waals surface area contributed by atoms with Gasteiger partial charge in [-0.1, -0.05) is 55.4 Å². The minimum absolute atomic E-state index is 0. The summed E-state index contributed by atoms with van der Waals surface area (Å²) in [6.07, 6.45) is -31.6. The van der Waals surface area contributed by atoms with Gasteiger partial charge in [-0.3, -0.25) is 19.3 Å². The van der Waals surface area contributed by atoms with Crippen LogP contribution in [-0.2, 0) is 26.5 Å². The molecule has 1 heterocycles. The first-order chi connectivity index (χ1) is 40.7. The second-order valence-electron chi connectivity index (χ2n) is 20.9. The first-order valence-electron chi connectivity index (χ1n) is 25.8. The smallest absolute Gasteiger partial charge is 0.383 e. The van der Waals surface area contributed by atoms with Crippen LogP contribution in [0.2, 0.25) is 5.02 Å². The van der Waals surface area contributed by atoms with Gasteiger partial charge in [0.05, 0.1) is 22.0 Å². The molecule has 0 saturated heterocycles. The maximum atomic E-state index is 14.6. The fraction of sp³-hybridized carbons (Fsp3) is 0.458. The highest BCUT2D eigenvalue weighted by molar-refractivity contribution is 6.34. The summed E-state index contributed by atoms with van der Waals surface area (Å²) in [5.74, 6) is -1.48. The Morgan fingerprint density at radius 3 is 1.22 bits per heavy atom. The number of halogens is 22. The second kappa shape index (κ2) is 29.4. The summed E-state index contributed by atoms with van der Waals surface area (Å²) in [5, 5.41) is 7.43. The Balaban J connectivity index is 0.000000451. The molecule has 1 amide bonds.